The highest BCUT2D eigenvalue weighted by molar-refractivity contribution is 6.23. The van der Waals surface area contributed by atoms with E-state index >= 15 is 0 Å². The van der Waals surface area contributed by atoms with Crippen molar-refractivity contribution in [1.82, 2.24) is 0 Å². The number of nitrogens with zero attached hydrogens (tertiary/aromatic N) is 2. The van der Waals surface area contributed by atoms with Crippen LogP contribution in [-0.4, -0.2) is 31.3 Å². The predicted octanol–water partition coefficient (Wildman–Crippen LogP) is 3.87. The SMILES string of the molecule is CCOc1ccc(N2C(=O)C3ON(c4ccccc4)C(c4ccc5c(c4)OCO5)C3C2=O)cc1. The normalized spacial score (nSPS) is 22.9. The fraction of sp³-hybridized carbons (Fsp3) is 0.231. The Hall–Kier alpha value is -4.04. The third-order valence-electron chi connectivity index (χ3n) is 6.27. The lowest BCUT2D eigenvalue weighted by atomic mass is 9.90. The highest BCUT2D eigenvalue weighted by Gasteiger charge is 2.60. The van der Waals surface area contributed by atoms with Gasteiger partial charge in [-0.3, -0.25) is 14.4 Å². The number of rotatable bonds is 5. The Morgan fingerprint density at radius 3 is 2.41 bits per heavy atom. The summed E-state index contributed by atoms with van der Waals surface area (Å²) in [5.41, 5.74) is 2.05. The van der Waals surface area contributed by atoms with E-state index in [0.717, 1.165) is 11.3 Å². The van der Waals surface area contributed by atoms with Crippen LogP contribution >= 0.6 is 0 Å². The number of benzene rings is 3. The van der Waals surface area contributed by atoms with Gasteiger partial charge in [-0.1, -0.05) is 24.3 Å². The maximum atomic E-state index is 13.7. The van der Waals surface area contributed by atoms with Crippen molar-refractivity contribution in [3.63, 3.8) is 0 Å². The van der Waals surface area contributed by atoms with Crippen molar-refractivity contribution in [2.24, 2.45) is 5.92 Å². The van der Waals surface area contributed by atoms with E-state index in [2.05, 4.69) is 0 Å². The first-order valence-electron chi connectivity index (χ1n) is 11.2. The molecule has 3 unspecified atom stereocenters. The van der Waals surface area contributed by atoms with Crippen molar-refractivity contribution >= 4 is 23.2 Å². The van der Waals surface area contributed by atoms with Crippen LogP contribution in [0.3, 0.4) is 0 Å². The van der Waals surface area contributed by atoms with Crippen LogP contribution in [0.5, 0.6) is 17.2 Å². The Kier molecular flexibility index (Phi) is 4.88. The van der Waals surface area contributed by atoms with Crippen LogP contribution in [0.1, 0.15) is 18.5 Å². The molecule has 172 valence electrons. The average Bonchev–Trinajstić information content (AvgIpc) is 3.55. The molecule has 2 fully saturated rings. The van der Waals surface area contributed by atoms with E-state index in [-0.39, 0.29) is 18.6 Å². The molecule has 0 saturated carbocycles. The van der Waals surface area contributed by atoms with Gasteiger partial charge in [0, 0.05) is 0 Å². The Labute approximate surface area is 196 Å². The van der Waals surface area contributed by atoms with Crippen LogP contribution < -0.4 is 24.2 Å². The lowest BCUT2D eigenvalue weighted by Crippen LogP contribution is -2.37. The van der Waals surface area contributed by atoms with Crippen LogP contribution in [0.2, 0.25) is 0 Å². The van der Waals surface area contributed by atoms with Gasteiger partial charge >= 0.3 is 0 Å². The molecule has 3 atom stereocenters. The Morgan fingerprint density at radius 1 is 0.882 bits per heavy atom. The van der Waals surface area contributed by atoms with Crippen LogP contribution in [0.25, 0.3) is 0 Å². The van der Waals surface area contributed by atoms with Crippen molar-refractivity contribution in [2.45, 2.75) is 19.1 Å². The maximum Gasteiger partial charge on any atom is 0.266 e. The number of hydrogen-bond donors (Lipinski definition) is 0. The van der Waals surface area contributed by atoms with E-state index in [1.165, 1.54) is 4.90 Å². The standard InChI is InChI=1S/C26H22N2O6/c1-2-31-19-11-9-17(10-12-19)27-25(29)22-23(16-8-13-20-21(14-16)33-15-32-20)28(34-24(22)26(27)30)18-6-4-3-5-7-18/h3-14,22-24H,2,15H2,1H3. The Bertz CT molecular complexity index is 1250. The summed E-state index contributed by atoms with van der Waals surface area (Å²) in [5, 5.41) is 1.66. The van der Waals surface area contributed by atoms with E-state index in [0.29, 0.717) is 29.5 Å². The molecule has 0 aliphatic carbocycles. The molecular formula is C26H22N2O6. The topological polar surface area (TPSA) is 77.5 Å². The maximum absolute atomic E-state index is 13.7. The molecule has 0 radical (unpaired) electrons. The van der Waals surface area contributed by atoms with Gasteiger partial charge in [0.25, 0.3) is 5.91 Å². The summed E-state index contributed by atoms with van der Waals surface area (Å²) in [5.74, 6) is 0.517. The molecule has 34 heavy (non-hydrogen) atoms. The fourth-order valence-corrected chi connectivity index (χ4v) is 4.76. The molecule has 8 heteroatoms. The molecule has 0 aromatic heterocycles. The number of ether oxygens (including phenoxy) is 3. The molecule has 3 heterocycles. The van der Waals surface area contributed by atoms with E-state index in [1.807, 2.05) is 55.5 Å². The van der Waals surface area contributed by atoms with Crippen LogP contribution in [0.15, 0.2) is 72.8 Å². The number of fused-ring (bicyclic) bond motifs is 2. The third kappa shape index (κ3) is 3.18. The first-order valence-corrected chi connectivity index (χ1v) is 11.2. The zero-order valence-corrected chi connectivity index (χ0v) is 18.4. The van der Waals surface area contributed by atoms with Gasteiger partial charge in [-0.05, 0) is 61.0 Å². The molecule has 2 amide bonds. The highest BCUT2D eigenvalue weighted by Crippen LogP contribution is 2.49. The second kappa shape index (κ2) is 8.07. The minimum atomic E-state index is -0.935. The van der Waals surface area contributed by atoms with Gasteiger partial charge in [0.2, 0.25) is 12.7 Å². The molecule has 8 nitrogen and oxygen atoms in total. The lowest BCUT2D eigenvalue weighted by molar-refractivity contribution is -0.126. The summed E-state index contributed by atoms with van der Waals surface area (Å²) in [4.78, 5) is 34.5. The van der Waals surface area contributed by atoms with Gasteiger partial charge < -0.3 is 14.2 Å². The zero-order valence-electron chi connectivity index (χ0n) is 18.4. The lowest BCUT2D eigenvalue weighted by Gasteiger charge is -2.28. The summed E-state index contributed by atoms with van der Waals surface area (Å²) in [6.45, 7) is 2.58. The number of amides is 2. The summed E-state index contributed by atoms with van der Waals surface area (Å²) >= 11 is 0. The number of carbonyl (C=O) groups excluding carboxylic acids is 2. The number of hydrogen-bond acceptors (Lipinski definition) is 7. The summed E-state index contributed by atoms with van der Waals surface area (Å²) in [6.07, 6.45) is -0.935. The van der Waals surface area contributed by atoms with Crippen molar-refractivity contribution < 1.29 is 28.6 Å². The van der Waals surface area contributed by atoms with Crippen molar-refractivity contribution in [1.29, 1.82) is 0 Å². The van der Waals surface area contributed by atoms with Gasteiger partial charge in [0.05, 0.1) is 24.0 Å². The fourth-order valence-electron chi connectivity index (χ4n) is 4.76. The van der Waals surface area contributed by atoms with Gasteiger partial charge in [-0.15, -0.1) is 0 Å². The summed E-state index contributed by atoms with van der Waals surface area (Å²) < 4.78 is 16.5. The van der Waals surface area contributed by atoms with Gasteiger partial charge in [0.1, 0.15) is 11.7 Å². The predicted molar refractivity (Wildman–Crippen MR) is 123 cm³/mol. The largest absolute Gasteiger partial charge is 0.494 e. The number of imide groups is 1. The molecule has 3 aliphatic rings. The third-order valence-corrected chi connectivity index (χ3v) is 6.27. The second-order valence-electron chi connectivity index (χ2n) is 8.21. The van der Waals surface area contributed by atoms with Crippen LogP contribution in [0.4, 0.5) is 11.4 Å². The summed E-state index contributed by atoms with van der Waals surface area (Å²) in [6, 6.07) is 21.4. The Morgan fingerprint density at radius 2 is 1.65 bits per heavy atom. The van der Waals surface area contributed by atoms with E-state index in [4.69, 9.17) is 19.0 Å². The first kappa shape index (κ1) is 20.6. The van der Waals surface area contributed by atoms with Gasteiger partial charge in [-0.25, -0.2) is 9.96 Å². The molecule has 0 N–H and O–H groups in total. The molecule has 3 aromatic rings. The first-order chi connectivity index (χ1) is 16.7. The Balaban J connectivity index is 1.39. The number of anilines is 2. The van der Waals surface area contributed by atoms with Crippen molar-refractivity contribution in [3.8, 4) is 17.2 Å². The minimum Gasteiger partial charge on any atom is -0.494 e. The van der Waals surface area contributed by atoms with Crippen molar-refractivity contribution in [2.75, 3.05) is 23.4 Å². The molecule has 0 spiro atoms. The highest BCUT2D eigenvalue weighted by atomic mass is 16.7. The number of carbonyl (C=O) groups is 2. The average molecular weight is 458 g/mol. The monoisotopic (exact) mass is 458 g/mol. The molecule has 0 bridgehead atoms. The zero-order chi connectivity index (χ0) is 23.2. The number of hydroxylamine groups is 1. The quantitative estimate of drug-likeness (QED) is 0.537. The molecule has 2 saturated heterocycles. The molecule has 6 rings (SSSR count). The van der Waals surface area contributed by atoms with Gasteiger partial charge in [-0.2, -0.15) is 0 Å². The molecule has 3 aromatic carbocycles. The molecule has 3 aliphatic heterocycles. The summed E-state index contributed by atoms with van der Waals surface area (Å²) in [7, 11) is 0. The van der Waals surface area contributed by atoms with E-state index in [1.54, 1.807) is 29.3 Å². The van der Waals surface area contributed by atoms with Gasteiger partial charge in [0.15, 0.2) is 17.6 Å². The number of para-hydroxylation sites is 1. The minimum absolute atomic E-state index is 0.150. The van der Waals surface area contributed by atoms with Crippen molar-refractivity contribution in [3.05, 3.63) is 78.4 Å². The van der Waals surface area contributed by atoms with Crippen LogP contribution in [-0.2, 0) is 14.4 Å². The van der Waals surface area contributed by atoms with Crippen LogP contribution in [0, 0.1) is 5.92 Å². The van der Waals surface area contributed by atoms with E-state index < -0.39 is 18.1 Å². The van der Waals surface area contributed by atoms with E-state index in [9.17, 15) is 9.59 Å². The molecular weight excluding hydrogens is 436 g/mol. The second-order valence-corrected chi connectivity index (χ2v) is 8.21. The smallest absolute Gasteiger partial charge is 0.266 e.